The summed E-state index contributed by atoms with van der Waals surface area (Å²) in [7, 11) is -6.01. The minimum Gasteiger partial charge on any atom is -0.490 e. The molecule has 37 heavy (non-hydrogen) atoms. The number of aliphatic hydroxyl groups excluding tert-OH is 1. The topological polar surface area (TPSA) is 141 Å². The first-order valence-electron chi connectivity index (χ1n) is 11.2. The number of hydrogen-bond acceptors (Lipinski definition) is 10. The molecule has 0 radical (unpaired) electrons. The molecule has 0 unspecified atom stereocenters. The molecule has 0 aliphatic carbocycles. The number of anilines is 1. The lowest BCUT2D eigenvalue weighted by molar-refractivity contribution is 0.102. The van der Waals surface area contributed by atoms with E-state index >= 15 is 0 Å². The zero-order valence-electron chi connectivity index (χ0n) is 20.8. The second-order valence-corrected chi connectivity index (χ2v) is 14.2. The Hall–Kier alpha value is -2.76. The van der Waals surface area contributed by atoms with Crippen molar-refractivity contribution >= 4 is 39.6 Å². The van der Waals surface area contributed by atoms with E-state index in [4.69, 9.17) is 14.0 Å². The van der Waals surface area contributed by atoms with Crippen molar-refractivity contribution in [3.05, 3.63) is 59.1 Å². The third kappa shape index (κ3) is 9.24. The van der Waals surface area contributed by atoms with Gasteiger partial charge in [-0.05, 0) is 43.3 Å². The minimum atomic E-state index is -3.35. The van der Waals surface area contributed by atoms with Crippen LogP contribution in [0.3, 0.4) is 0 Å². The standard InChI is InChI=1S/C24H29N2O8PS2/c1-16(9-10-27)33-20-11-17(23(28)26-24-25-18(15-36-24)14-32-35(2,3)29)12-21(13-20)34-19-5-7-22(8-6-19)37(4,30)31/h5-8,11-13,15-16,27H,9-10,14H2,1-4H3,(H,25,26,28)/t16-/m0/s1. The van der Waals surface area contributed by atoms with Crippen LogP contribution in [-0.4, -0.2) is 56.7 Å². The largest absolute Gasteiger partial charge is 0.490 e. The maximum Gasteiger partial charge on any atom is 0.257 e. The van der Waals surface area contributed by atoms with E-state index in [2.05, 4.69) is 10.3 Å². The molecular formula is C24H29N2O8PS2. The zero-order chi connectivity index (χ0) is 27.2. The molecule has 0 fully saturated rings. The monoisotopic (exact) mass is 568 g/mol. The number of hydrogen-bond donors (Lipinski definition) is 2. The number of sulfone groups is 1. The van der Waals surface area contributed by atoms with E-state index in [1.807, 2.05) is 0 Å². The van der Waals surface area contributed by atoms with Gasteiger partial charge in [-0.3, -0.25) is 14.7 Å². The maximum atomic E-state index is 13.0. The van der Waals surface area contributed by atoms with Gasteiger partial charge in [-0.1, -0.05) is 0 Å². The molecule has 1 aromatic heterocycles. The van der Waals surface area contributed by atoms with Crippen LogP contribution >= 0.6 is 18.7 Å². The van der Waals surface area contributed by atoms with Crippen LogP contribution in [0.5, 0.6) is 17.2 Å². The highest BCUT2D eigenvalue weighted by atomic mass is 32.2. The van der Waals surface area contributed by atoms with E-state index in [1.165, 1.54) is 55.0 Å². The Kier molecular flexibility index (Phi) is 9.49. The number of carbonyl (C=O) groups is 1. The SMILES string of the molecule is C[C@@H](CCO)Oc1cc(Oc2ccc(S(C)(=O)=O)cc2)cc(C(=O)Nc2nc(COP(C)(C)=O)cs2)c1. The number of aliphatic hydroxyl groups is 1. The predicted molar refractivity (Wildman–Crippen MR) is 142 cm³/mol. The fraction of sp³-hybridized carbons (Fsp3) is 0.333. The average Bonchev–Trinajstić information content (AvgIpc) is 3.24. The highest BCUT2D eigenvalue weighted by Crippen LogP contribution is 2.38. The molecule has 1 amide bonds. The van der Waals surface area contributed by atoms with Crippen molar-refractivity contribution in [2.45, 2.75) is 31.0 Å². The third-order valence-corrected chi connectivity index (χ3v) is 7.48. The molecule has 0 saturated carbocycles. The Morgan fingerprint density at radius 1 is 1.14 bits per heavy atom. The lowest BCUT2D eigenvalue weighted by Crippen LogP contribution is -2.15. The second kappa shape index (κ2) is 12.2. The minimum absolute atomic E-state index is 0.0565. The van der Waals surface area contributed by atoms with E-state index in [0.29, 0.717) is 34.5 Å². The molecule has 0 bridgehead atoms. The van der Waals surface area contributed by atoms with Crippen LogP contribution < -0.4 is 14.8 Å². The van der Waals surface area contributed by atoms with Gasteiger partial charge in [-0.15, -0.1) is 11.3 Å². The zero-order valence-corrected chi connectivity index (χ0v) is 23.4. The molecule has 2 aromatic carbocycles. The predicted octanol–water partition coefficient (Wildman–Crippen LogP) is 4.80. The van der Waals surface area contributed by atoms with Crippen molar-refractivity contribution in [1.29, 1.82) is 0 Å². The molecular weight excluding hydrogens is 539 g/mol. The number of rotatable bonds is 12. The van der Waals surface area contributed by atoms with Gasteiger partial charge in [-0.2, -0.15) is 0 Å². The molecule has 2 N–H and O–H groups in total. The van der Waals surface area contributed by atoms with E-state index in [1.54, 1.807) is 24.4 Å². The summed E-state index contributed by atoms with van der Waals surface area (Å²) in [6.07, 6.45) is 1.19. The van der Waals surface area contributed by atoms with E-state index in [-0.39, 0.29) is 29.8 Å². The van der Waals surface area contributed by atoms with Crippen molar-refractivity contribution in [1.82, 2.24) is 4.98 Å². The molecule has 0 aliphatic rings. The number of nitrogens with one attached hydrogen (secondary N) is 1. The Labute approximate surface area is 220 Å². The van der Waals surface area contributed by atoms with Crippen molar-refractivity contribution in [2.75, 3.05) is 31.5 Å². The van der Waals surface area contributed by atoms with E-state index in [9.17, 15) is 22.9 Å². The molecule has 1 atom stereocenters. The van der Waals surface area contributed by atoms with Gasteiger partial charge in [0.25, 0.3) is 5.91 Å². The summed E-state index contributed by atoms with van der Waals surface area (Å²) >= 11 is 1.20. The van der Waals surface area contributed by atoms with Crippen molar-refractivity contribution in [3.8, 4) is 17.2 Å². The first-order valence-corrected chi connectivity index (χ1v) is 16.5. The lowest BCUT2D eigenvalue weighted by atomic mass is 10.2. The van der Waals surface area contributed by atoms with Gasteiger partial charge >= 0.3 is 0 Å². The summed E-state index contributed by atoms with van der Waals surface area (Å²) in [5.41, 5.74) is 0.775. The van der Waals surface area contributed by atoms with Gasteiger partial charge in [0, 0.05) is 49.6 Å². The maximum absolute atomic E-state index is 13.0. The van der Waals surface area contributed by atoms with Gasteiger partial charge in [0.2, 0.25) is 0 Å². The third-order valence-electron chi connectivity index (χ3n) is 4.80. The number of amides is 1. The second-order valence-electron chi connectivity index (χ2n) is 8.60. The summed E-state index contributed by atoms with van der Waals surface area (Å²) in [6.45, 7) is 4.83. The van der Waals surface area contributed by atoms with E-state index < -0.39 is 23.1 Å². The number of thiazole rings is 1. The molecule has 200 valence electrons. The summed E-state index contributed by atoms with van der Waals surface area (Å²) in [5.74, 6) is 0.552. The highest BCUT2D eigenvalue weighted by molar-refractivity contribution is 7.90. The Morgan fingerprint density at radius 3 is 2.43 bits per heavy atom. The van der Waals surface area contributed by atoms with Gasteiger partial charge in [0.15, 0.2) is 22.3 Å². The van der Waals surface area contributed by atoms with Gasteiger partial charge in [0.1, 0.15) is 17.2 Å². The summed E-state index contributed by atoms with van der Waals surface area (Å²) < 4.78 is 52.2. The summed E-state index contributed by atoms with van der Waals surface area (Å²) in [4.78, 5) is 17.5. The lowest BCUT2D eigenvalue weighted by Gasteiger charge is -2.16. The number of aromatic nitrogens is 1. The van der Waals surface area contributed by atoms with Crippen LogP contribution in [0, 0.1) is 0 Å². The summed E-state index contributed by atoms with van der Waals surface area (Å²) in [5, 5.41) is 14.0. The van der Waals surface area contributed by atoms with Crippen molar-refractivity contribution in [3.63, 3.8) is 0 Å². The Balaban J connectivity index is 1.82. The molecule has 3 rings (SSSR count). The first kappa shape index (κ1) is 28.8. The first-order chi connectivity index (χ1) is 17.3. The quantitative estimate of drug-likeness (QED) is 0.295. The fourth-order valence-corrected chi connectivity index (χ4v) is 4.78. The normalized spacial score (nSPS) is 12.7. The van der Waals surface area contributed by atoms with Crippen LogP contribution in [0.25, 0.3) is 0 Å². The van der Waals surface area contributed by atoms with E-state index in [0.717, 1.165) is 6.26 Å². The average molecular weight is 569 g/mol. The molecule has 1 heterocycles. The number of nitrogens with zero attached hydrogens (tertiary/aromatic N) is 1. The molecule has 3 aromatic rings. The number of carbonyl (C=O) groups excluding carboxylic acids is 1. The van der Waals surface area contributed by atoms with Gasteiger partial charge in [-0.25, -0.2) is 13.4 Å². The highest BCUT2D eigenvalue weighted by Gasteiger charge is 2.16. The van der Waals surface area contributed by atoms with Crippen LogP contribution in [0.1, 0.15) is 29.4 Å². The van der Waals surface area contributed by atoms with Gasteiger partial charge < -0.3 is 19.1 Å². The van der Waals surface area contributed by atoms with Crippen molar-refractivity contribution < 1.29 is 36.9 Å². The molecule has 10 nitrogen and oxygen atoms in total. The Morgan fingerprint density at radius 2 is 1.81 bits per heavy atom. The van der Waals surface area contributed by atoms with Crippen LogP contribution in [0.4, 0.5) is 5.13 Å². The fourth-order valence-electron chi connectivity index (χ4n) is 3.02. The molecule has 0 spiro atoms. The van der Waals surface area contributed by atoms with Gasteiger partial charge in [0.05, 0.1) is 23.3 Å². The summed E-state index contributed by atoms with van der Waals surface area (Å²) in [6, 6.07) is 10.6. The van der Waals surface area contributed by atoms with Crippen LogP contribution in [0.15, 0.2) is 52.7 Å². The molecule has 0 saturated heterocycles. The van der Waals surface area contributed by atoms with Crippen LogP contribution in [0.2, 0.25) is 0 Å². The smallest absolute Gasteiger partial charge is 0.257 e. The Bertz CT molecular complexity index is 1380. The molecule has 13 heteroatoms. The number of ether oxygens (including phenoxy) is 2. The number of benzene rings is 2. The van der Waals surface area contributed by atoms with Crippen molar-refractivity contribution in [2.24, 2.45) is 0 Å². The van der Waals surface area contributed by atoms with Crippen LogP contribution in [-0.2, 0) is 25.5 Å². The molecule has 0 aliphatic heterocycles.